The first-order chi connectivity index (χ1) is 8.34. The van der Waals surface area contributed by atoms with E-state index in [1.165, 1.54) is 4.90 Å². The van der Waals surface area contributed by atoms with E-state index >= 15 is 0 Å². The summed E-state index contributed by atoms with van der Waals surface area (Å²) in [4.78, 5) is 36.7. The first-order valence-electron chi connectivity index (χ1n) is 6.44. The second-order valence-corrected chi connectivity index (χ2v) is 5.93. The summed E-state index contributed by atoms with van der Waals surface area (Å²) in [7, 11) is 0. The number of hydrogen-bond acceptors (Lipinski definition) is 3. The normalized spacial score (nSPS) is 31.8. The summed E-state index contributed by atoms with van der Waals surface area (Å²) in [5.41, 5.74) is -0.683. The van der Waals surface area contributed by atoms with Crippen molar-refractivity contribution in [2.45, 2.75) is 52.0 Å². The molecule has 2 aliphatic rings. The molecule has 2 rings (SSSR count). The minimum atomic E-state index is -0.898. The van der Waals surface area contributed by atoms with Crippen molar-refractivity contribution in [2.24, 2.45) is 11.3 Å². The summed E-state index contributed by atoms with van der Waals surface area (Å²) in [6, 6.07) is -0.446. The topological polar surface area (TPSA) is 74.7 Å². The zero-order chi connectivity index (χ0) is 13.5. The third-order valence-corrected chi connectivity index (χ3v) is 4.04. The van der Waals surface area contributed by atoms with Crippen LogP contribution in [0.3, 0.4) is 0 Å². The third-order valence-electron chi connectivity index (χ3n) is 4.04. The van der Waals surface area contributed by atoms with E-state index in [1.54, 1.807) is 13.8 Å². The molecule has 100 valence electrons. The largest absolute Gasteiger partial charge is 0.481 e. The smallest absolute Gasteiger partial charge is 0.308 e. The standard InChI is InChI=1S/C13H19NO4/c1-13(2)7-10(15)14(12(13)18)9-6-4-3-5-8(9)11(16)17/h8-9H,3-7H2,1-2H3,(H,16,17). The number of hydrogen-bond donors (Lipinski definition) is 1. The molecule has 1 heterocycles. The Morgan fingerprint density at radius 3 is 2.39 bits per heavy atom. The Bertz CT molecular complexity index is 402. The first kappa shape index (κ1) is 13.1. The van der Waals surface area contributed by atoms with Crippen LogP contribution in [0, 0.1) is 11.3 Å². The Morgan fingerprint density at radius 2 is 1.89 bits per heavy atom. The molecule has 0 aromatic heterocycles. The molecule has 1 saturated heterocycles. The van der Waals surface area contributed by atoms with Gasteiger partial charge in [0.2, 0.25) is 11.8 Å². The van der Waals surface area contributed by atoms with Gasteiger partial charge >= 0.3 is 5.97 Å². The maximum absolute atomic E-state index is 12.2. The fourth-order valence-corrected chi connectivity index (χ4v) is 3.02. The van der Waals surface area contributed by atoms with Gasteiger partial charge in [-0.3, -0.25) is 19.3 Å². The highest BCUT2D eigenvalue weighted by atomic mass is 16.4. The number of carbonyl (C=O) groups excluding carboxylic acids is 2. The van der Waals surface area contributed by atoms with Crippen LogP contribution in [0.4, 0.5) is 0 Å². The van der Waals surface area contributed by atoms with Crippen molar-refractivity contribution in [1.29, 1.82) is 0 Å². The van der Waals surface area contributed by atoms with E-state index in [-0.39, 0.29) is 18.2 Å². The molecule has 0 radical (unpaired) electrons. The molecule has 2 amide bonds. The SMILES string of the molecule is CC1(C)CC(=O)N(C2CCCCC2C(=O)O)C1=O. The number of aliphatic carboxylic acids is 1. The van der Waals surface area contributed by atoms with Gasteiger partial charge in [0.05, 0.1) is 17.4 Å². The van der Waals surface area contributed by atoms with Gasteiger partial charge < -0.3 is 5.11 Å². The van der Waals surface area contributed by atoms with E-state index in [0.29, 0.717) is 12.8 Å². The predicted octanol–water partition coefficient (Wildman–Crippen LogP) is 1.41. The number of carboxylic acids is 1. The Hall–Kier alpha value is -1.39. The van der Waals surface area contributed by atoms with Gasteiger partial charge in [0.15, 0.2) is 0 Å². The molecule has 0 spiro atoms. The number of rotatable bonds is 2. The summed E-state index contributed by atoms with van der Waals surface area (Å²) in [6.07, 6.45) is 3.09. The number of carbonyl (C=O) groups is 3. The molecule has 2 fully saturated rings. The van der Waals surface area contributed by atoms with Gasteiger partial charge in [0, 0.05) is 6.42 Å². The molecule has 1 saturated carbocycles. The fraction of sp³-hybridized carbons (Fsp3) is 0.769. The molecule has 0 aromatic carbocycles. The zero-order valence-corrected chi connectivity index (χ0v) is 10.8. The minimum absolute atomic E-state index is 0.189. The molecule has 0 bridgehead atoms. The number of carboxylic acid groups (broad SMARTS) is 1. The van der Waals surface area contributed by atoms with Crippen molar-refractivity contribution < 1.29 is 19.5 Å². The van der Waals surface area contributed by atoms with Crippen LogP contribution in [0.1, 0.15) is 46.0 Å². The molecular weight excluding hydrogens is 234 g/mol. The molecule has 1 N–H and O–H groups in total. The van der Waals surface area contributed by atoms with Crippen LogP contribution in [-0.4, -0.2) is 33.8 Å². The highest BCUT2D eigenvalue weighted by Crippen LogP contribution is 2.38. The van der Waals surface area contributed by atoms with Crippen molar-refractivity contribution in [3.8, 4) is 0 Å². The number of nitrogens with zero attached hydrogens (tertiary/aromatic N) is 1. The number of imide groups is 1. The second kappa shape index (κ2) is 4.37. The molecule has 5 heteroatoms. The van der Waals surface area contributed by atoms with Crippen LogP contribution >= 0.6 is 0 Å². The zero-order valence-electron chi connectivity index (χ0n) is 10.8. The van der Waals surface area contributed by atoms with Crippen molar-refractivity contribution in [3.63, 3.8) is 0 Å². The molecule has 1 aliphatic carbocycles. The maximum Gasteiger partial charge on any atom is 0.308 e. The van der Waals surface area contributed by atoms with Crippen molar-refractivity contribution in [2.75, 3.05) is 0 Å². The van der Waals surface area contributed by atoms with Crippen molar-refractivity contribution >= 4 is 17.8 Å². The van der Waals surface area contributed by atoms with E-state index in [9.17, 15) is 19.5 Å². The molecular formula is C13H19NO4. The van der Waals surface area contributed by atoms with Crippen LogP contribution in [0.15, 0.2) is 0 Å². The maximum atomic E-state index is 12.2. The van der Waals surface area contributed by atoms with E-state index in [2.05, 4.69) is 0 Å². The Morgan fingerprint density at radius 1 is 1.28 bits per heavy atom. The highest BCUT2D eigenvalue weighted by Gasteiger charge is 2.50. The van der Waals surface area contributed by atoms with Gasteiger partial charge in [-0.1, -0.05) is 26.7 Å². The molecule has 5 nitrogen and oxygen atoms in total. The Labute approximate surface area is 106 Å². The van der Waals surface area contributed by atoms with Crippen molar-refractivity contribution in [3.05, 3.63) is 0 Å². The first-order valence-corrected chi connectivity index (χ1v) is 6.44. The lowest BCUT2D eigenvalue weighted by Crippen LogP contribution is -2.49. The Kier molecular flexibility index (Phi) is 3.17. The number of likely N-dealkylation sites (tertiary alicyclic amines) is 1. The summed E-state index contributed by atoms with van der Waals surface area (Å²) in [5.74, 6) is -1.93. The summed E-state index contributed by atoms with van der Waals surface area (Å²) in [6.45, 7) is 3.48. The van der Waals surface area contributed by atoms with Crippen LogP contribution in [0.5, 0.6) is 0 Å². The van der Waals surface area contributed by atoms with Crippen LogP contribution in [0.2, 0.25) is 0 Å². The van der Waals surface area contributed by atoms with Gasteiger partial charge in [0.1, 0.15) is 0 Å². The van der Waals surface area contributed by atoms with E-state index in [4.69, 9.17) is 0 Å². The second-order valence-electron chi connectivity index (χ2n) is 5.93. The summed E-state index contributed by atoms with van der Waals surface area (Å²) >= 11 is 0. The average molecular weight is 253 g/mol. The van der Waals surface area contributed by atoms with Gasteiger partial charge in [-0.2, -0.15) is 0 Å². The van der Waals surface area contributed by atoms with Gasteiger partial charge in [-0.05, 0) is 12.8 Å². The van der Waals surface area contributed by atoms with E-state index < -0.39 is 23.3 Å². The molecule has 2 unspecified atom stereocenters. The lowest BCUT2D eigenvalue weighted by Gasteiger charge is -2.35. The lowest BCUT2D eigenvalue weighted by atomic mass is 9.83. The third kappa shape index (κ3) is 2.02. The van der Waals surface area contributed by atoms with Gasteiger partial charge in [-0.25, -0.2) is 0 Å². The predicted molar refractivity (Wildman–Crippen MR) is 63.6 cm³/mol. The fourth-order valence-electron chi connectivity index (χ4n) is 3.02. The average Bonchev–Trinajstić information content (AvgIpc) is 2.48. The van der Waals surface area contributed by atoms with Gasteiger partial charge in [-0.15, -0.1) is 0 Å². The van der Waals surface area contributed by atoms with Crippen LogP contribution < -0.4 is 0 Å². The molecule has 2 atom stereocenters. The lowest BCUT2D eigenvalue weighted by molar-refractivity contribution is -0.152. The van der Waals surface area contributed by atoms with Crippen LogP contribution in [0.25, 0.3) is 0 Å². The highest BCUT2D eigenvalue weighted by molar-refractivity contribution is 6.06. The molecule has 1 aliphatic heterocycles. The monoisotopic (exact) mass is 253 g/mol. The minimum Gasteiger partial charge on any atom is -0.481 e. The Balaban J connectivity index is 2.26. The van der Waals surface area contributed by atoms with Gasteiger partial charge in [0.25, 0.3) is 0 Å². The quantitative estimate of drug-likeness (QED) is 0.755. The van der Waals surface area contributed by atoms with E-state index in [1.807, 2.05) is 0 Å². The summed E-state index contributed by atoms with van der Waals surface area (Å²) in [5, 5.41) is 9.22. The summed E-state index contributed by atoms with van der Waals surface area (Å²) < 4.78 is 0. The van der Waals surface area contributed by atoms with Crippen LogP contribution in [-0.2, 0) is 14.4 Å². The number of amides is 2. The molecule has 18 heavy (non-hydrogen) atoms. The van der Waals surface area contributed by atoms with Crippen molar-refractivity contribution in [1.82, 2.24) is 4.90 Å². The molecule has 0 aromatic rings. The van der Waals surface area contributed by atoms with E-state index in [0.717, 1.165) is 12.8 Å².